The number of amides is 1. The van der Waals surface area contributed by atoms with Crippen molar-refractivity contribution in [1.82, 2.24) is 13.9 Å². The van der Waals surface area contributed by atoms with Crippen molar-refractivity contribution in [3.8, 4) is 0 Å². The van der Waals surface area contributed by atoms with Gasteiger partial charge < -0.3 is 5.32 Å². The lowest BCUT2D eigenvalue weighted by atomic mass is 10.2. The van der Waals surface area contributed by atoms with E-state index in [1.54, 1.807) is 28.8 Å². The Kier molecular flexibility index (Phi) is 6.22. The van der Waals surface area contributed by atoms with Gasteiger partial charge in [0.2, 0.25) is 15.9 Å². The molecule has 1 aliphatic carbocycles. The van der Waals surface area contributed by atoms with Gasteiger partial charge in [-0.1, -0.05) is 24.6 Å². The first-order valence-electron chi connectivity index (χ1n) is 11.8. The van der Waals surface area contributed by atoms with Crippen LogP contribution >= 0.6 is 0 Å². The minimum atomic E-state index is -3.58. The minimum absolute atomic E-state index is 0.0564. The summed E-state index contributed by atoms with van der Waals surface area (Å²) in [5, 5.41) is 3.40. The first-order chi connectivity index (χ1) is 16.4. The molecule has 34 heavy (non-hydrogen) atoms. The number of carbonyl (C=O) groups excluding carboxylic acids is 1. The second kappa shape index (κ2) is 9.31. The number of carbonyl (C=O) groups is 1. The average Bonchev–Trinajstić information content (AvgIpc) is 3.69. The predicted molar refractivity (Wildman–Crippen MR) is 130 cm³/mol. The average molecular weight is 481 g/mol. The lowest BCUT2D eigenvalue weighted by Gasteiger charge is -2.26. The number of benzene rings is 2. The number of hydrogen-bond donors (Lipinski definition) is 1. The zero-order valence-corrected chi connectivity index (χ0v) is 19.8. The summed E-state index contributed by atoms with van der Waals surface area (Å²) in [5.74, 6) is 0.361. The molecule has 1 N–H and O–H groups in total. The van der Waals surface area contributed by atoms with E-state index in [0.717, 1.165) is 32.1 Å². The molecule has 2 heterocycles. The second-order valence-electron chi connectivity index (χ2n) is 8.99. The van der Waals surface area contributed by atoms with E-state index in [1.165, 1.54) is 10.4 Å². The molecule has 2 fully saturated rings. The maximum atomic E-state index is 13.0. The predicted octanol–water partition coefficient (Wildman–Crippen LogP) is 3.48. The van der Waals surface area contributed by atoms with E-state index in [-0.39, 0.29) is 28.8 Å². The van der Waals surface area contributed by atoms with Crippen LogP contribution < -0.4 is 10.9 Å². The van der Waals surface area contributed by atoms with Gasteiger partial charge in [0, 0.05) is 37.7 Å². The van der Waals surface area contributed by atoms with Gasteiger partial charge in [-0.05, 0) is 56.0 Å². The molecule has 3 aromatic rings. The van der Waals surface area contributed by atoms with Crippen LogP contribution in [-0.4, -0.2) is 41.3 Å². The third-order valence-electron chi connectivity index (χ3n) is 6.44. The first-order valence-corrected chi connectivity index (χ1v) is 13.3. The molecule has 0 radical (unpaired) electrons. The number of nitrogens with zero attached hydrogens (tertiary/aromatic N) is 3. The van der Waals surface area contributed by atoms with E-state index >= 15 is 0 Å². The van der Waals surface area contributed by atoms with Gasteiger partial charge >= 0.3 is 0 Å². The van der Waals surface area contributed by atoms with E-state index in [1.807, 2.05) is 18.2 Å². The summed E-state index contributed by atoms with van der Waals surface area (Å²) >= 11 is 0. The summed E-state index contributed by atoms with van der Waals surface area (Å²) in [6, 6.07) is 13.8. The minimum Gasteiger partial charge on any atom is -0.326 e. The van der Waals surface area contributed by atoms with Gasteiger partial charge in [0.15, 0.2) is 0 Å². The molecule has 1 aliphatic heterocycles. The summed E-state index contributed by atoms with van der Waals surface area (Å²) < 4.78 is 29.2. The third-order valence-corrected chi connectivity index (χ3v) is 8.33. The Labute approximate surface area is 198 Å². The topological polar surface area (TPSA) is 101 Å². The highest BCUT2D eigenvalue weighted by atomic mass is 32.2. The number of anilines is 1. The van der Waals surface area contributed by atoms with Gasteiger partial charge in [0.05, 0.1) is 15.8 Å². The van der Waals surface area contributed by atoms with E-state index in [0.29, 0.717) is 41.9 Å². The van der Waals surface area contributed by atoms with Crippen LogP contribution in [0, 0.1) is 0 Å². The van der Waals surface area contributed by atoms with Crippen molar-refractivity contribution >= 4 is 32.5 Å². The maximum Gasteiger partial charge on any atom is 0.261 e. The number of para-hydroxylation sites is 1. The number of sulfonamides is 1. The molecule has 178 valence electrons. The lowest BCUT2D eigenvalue weighted by molar-refractivity contribution is -0.116. The number of hydrogen-bond acceptors (Lipinski definition) is 5. The fourth-order valence-corrected chi connectivity index (χ4v) is 6.08. The van der Waals surface area contributed by atoms with Gasteiger partial charge in [-0.3, -0.25) is 14.2 Å². The molecular formula is C25H28N4O4S. The van der Waals surface area contributed by atoms with Crippen LogP contribution in [0.5, 0.6) is 0 Å². The third kappa shape index (κ3) is 4.63. The zero-order valence-electron chi connectivity index (χ0n) is 18.9. The Morgan fingerprint density at radius 2 is 1.79 bits per heavy atom. The number of nitrogens with one attached hydrogen (secondary N) is 1. The Morgan fingerprint density at radius 1 is 1.03 bits per heavy atom. The second-order valence-corrected chi connectivity index (χ2v) is 10.9. The van der Waals surface area contributed by atoms with Crippen LogP contribution in [0.4, 0.5) is 5.69 Å². The molecule has 1 amide bonds. The first kappa shape index (κ1) is 22.7. The summed E-state index contributed by atoms with van der Waals surface area (Å²) in [4.78, 5) is 30.6. The van der Waals surface area contributed by atoms with Crippen LogP contribution in [0.3, 0.4) is 0 Å². The fourth-order valence-electron chi connectivity index (χ4n) is 4.51. The van der Waals surface area contributed by atoms with Crippen molar-refractivity contribution in [1.29, 1.82) is 0 Å². The Hall–Kier alpha value is -3.04. The molecular weight excluding hydrogens is 452 g/mol. The van der Waals surface area contributed by atoms with Crippen molar-refractivity contribution in [3.05, 3.63) is 64.7 Å². The Balaban J connectivity index is 1.30. The van der Waals surface area contributed by atoms with Gasteiger partial charge in [-0.2, -0.15) is 4.31 Å². The SMILES string of the molecule is O=C(CCc1nc2ccccc2c(=O)n1C1CC1)Nc1cccc(S(=O)(=O)N2CCCCC2)c1. The molecule has 0 unspecified atom stereocenters. The van der Waals surface area contributed by atoms with Crippen molar-refractivity contribution in [2.75, 3.05) is 18.4 Å². The Morgan fingerprint density at radius 3 is 2.56 bits per heavy atom. The number of rotatable bonds is 7. The molecule has 0 bridgehead atoms. The molecule has 2 aliphatic rings. The van der Waals surface area contributed by atoms with Crippen LogP contribution in [0.2, 0.25) is 0 Å². The van der Waals surface area contributed by atoms with E-state index in [2.05, 4.69) is 10.3 Å². The quantitative estimate of drug-likeness (QED) is 0.558. The van der Waals surface area contributed by atoms with E-state index in [4.69, 9.17) is 0 Å². The fraction of sp³-hybridized carbons (Fsp3) is 0.400. The van der Waals surface area contributed by atoms with Crippen LogP contribution in [0.15, 0.2) is 58.2 Å². The molecule has 1 saturated heterocycles. The largest absolute Gasteiger partial charge is 0.326 e. The number of fused-ring (bicyclic) bond motifs is 1. The summed E-state index contributed by atoms with van der Waals surface area (Å²) in [5.41, 5.74) is 1.02. The molecule has 5 rings (SSSR count). The number of piperidine rings is 1. The maximum absolute atomic E-state index is 13.0. The summed E-state index contributed by atoms with van der Waals surface area (Å²) in [6.45, 7) is 1.06. The monoisotopic (exact) mass is 480 g/mol. The lowest BCUT2D eigenvalue weighted by Crippen LogP contribution is -2.35. The highest BCUT2D eigenvalue weighted by Gasteiger charge is 2.29. The molecule has 0 atom stereocenters. The standard InChI is InChI=1S/C25H28N4O4S/c30-24(26-18-7-6-8-20(17-18)34(32,33)28-15-4-1-5-16-28)14-13-23-27-22-10-3-2-9-21(22)25(31)29(23)19-11-12-19/h2-3,6-10,17,19H,1,4-5,11-16H2,(H,26,30). The molecule has 2 aromatic carbocycles. The Bertz CT molecular complexity index is 1390. The molecule has 1 saturated carbocycles. The van der Waals surface area contributed by atoms with Gasteiger partial charge in [-0.25, -0.2) is 13.4 Å². The molecule has 8 nitrogen and oxygen atoms in total. The number of aromatic nitrogens is 2. The van der Waals surface area contributed by atoms with Crippen LogP contribution in [0.25, 0.3) is 10.9 Å². The smallest absolute Gasteiger partial charge is 0.261 e. The van der Waals surface area contributed by atoms with Gasteiger partial charge in [0.25, 0.3) is 5.56 Å². The van der Waals surface area contributed by atoms with Crippen LogP contribution in [-0.2, 0) is 21.2 Å². The van der Waals surface area contributed by atoms with Gasteiger partial charge in [0.1, 0.15) is 5.82 Å². The van der Waals surface area contributed by atoms with Gasteiger partial charge in [-0.15, -0.1) is 0 Å². The molecule has 1 aromatic heterocycles. The highest BCUT2D eigenvalue weighted by molar-refractivity contribution is 7.89. The zero-order chi connectivity index (χ0) is 23.7. The van der Waals surface area contributed by atoms with Crippen molar-refractivity contribution in [2.45, 2.75) is 55.9 Å². The van der Waals surface area contributed by atoms with E-state index < -0.39 is 10.0 Å². The normalized spacial score (nSPS) is 17.1. The van der Waals surface area contributed by atoms with E-state index in [9.17, 15) is 18.0 Å². The van der Waals surface area contributed by atoms with Crippen molar-refractivity contribution in [3.63, 3.8) is 0 Å². The molecule has 0 spiro atoms. The molecule has 9 heteroatoms. The highest BCUT2D eigenvalue weighted by Crippen LogP contribution is 2.35. The summed E-state index contributed by atoms with van der Waals surface area (Å²) in [7, 11) is -3.58. The van der Waals surface area contributed by atoms with Crippen LogP contribution in [0.1, 0.15) is 50.4 Å². The van der Waals surface area contributed by atoms with Crippen molar-refractivity contribution < 1.29 is 13.2 Å². The van der Waals surface area contributed by atoms with Crippen molar-refractivity contribution in [2.24, 2.45) is 0 Å². The summed E-state index contributed by atoms with van der Waals surface area (Å²) in [6.07, 6.45) is 5.13. The number of aryl methyl sites for hydroxylation is 1.